The number of aryl methyl sites for hydroxylation is 1. The highest BCUT2D eigenvalue weighted by molar-refractivity contribution is 7.12. The molecule has 0 saturated carbocycles. The summed E-state index contributed by atoms with van der Waals surface area (Å²) < 4.78 is 0. The number of nitro benzene ring substituents is 1. The Morgan fingerprint density at radius 2 is 1.89 bits per heavy atom. The Labute approximate surface area is 166 Å². The molecule has 3 rings (SSSR count). The summed E-state index contributed by atoms with van der Waals surface area (Å²) in [5.41, 5.74) is 1.71. The molecule has 1 N–H and O–H groups in total. The summed E-state index contributed by atoms with van der Waals surface area (Å²) in [6, 6.07) is 6.74. The minimum atomic E-state index is -0.489. The zero-order valence-corrected chi connectivity index (χ0v) is 16.6. The van der Waals surface area contributed by atoms with Gasteiger partial charge in [-0.15, -0.1) is 11.3 Å². The zero-order valence-electron chi connectivity index (χ0n) is 15.8. The maximum atomic E-state index is 12.5. The van der Waals surface area contributed by atoms with Crippen LogP contribution in [-0.4, -0.2) is 59.3 Å². The third kappa shape index (κ3) is 4.37. The van der Waals surface area contributed by atoms with Gasteiger partial charge in [-0.05, 0) is 36.4 Å². The maximum absolute atomic E-state index is 12.5. The molecule has 28 heavy (non-hydrogen) atoms. The summed E-state index contributed by atoms with van der Waals surface area (Å²) in [7, 11) is 0. The Hall–Kier alpha value is -2.78. The van der Waals surface area contributed by atoms with E-state index in [0.717, 1.165) is 5.56 Å². The van der Waals surface area contributed by atoms with E-state index in [9.17, 15) is 19.7 Å². The third-order valence-electron chi connectivity index (χ3n) is 4.93. The van der Waals surface area contributed by atoms with Crippen molar-refractivity contribution in [2.45, 2.75) is 13.8 Å². The molecule has 1 aromatic heterocycles. The van der Waals surface area contributed by atoms with Crippen molar-refractivity contribution in [2.24, 2.45) is 0 Å². The van der Waals surface area contributed by atoms with E-state index in [-0.39, 0.29) is 29.7 Å². The van der Waals surface area contributed by atoms with Gasteiger partial charge in [-0.3, -0.25) is 24.6 Å². The number of anilines is 1. The number of hydrogen-bond acceptors (Lipinski definition) is 6. The molecule has 1 aliphatic heterocycles. The van der Waals surface area contributed by atoms with E-state index in [1.54, 1.807) is 17.9 Å². The largest absolute Gasteiger partial charge is 0.335 e. The molecule has 2 heterocycles. The van der Waals surface area contributed by atoms with Crippen molar-refractivity contribution in [1.82, 2.24) is 9.80 Å². The van der Waals surface area contributed by atoms with E-state index in [1.165, 1.54) is 17.4 Å². The highest BCUT2D eigenvalue weighted by Crippen LogP contribution is 2.30. The normalized spacial score (nSPS) is 14.7. The molecule has 1 aliphatic rings. The van der Waals surface area contributed by atoms with Crippen LogP contribution in [0.2, 0.25) is 0 Å². The average Bonchev–Trinajstić information content (AvgIpc) is 3.20. The maximum Gasteiger partial charge on any atom is 0.293 e. The molecule has 9 heteroatoms. The van der Waals surface area contributed by atoms with E-state index < -0.39 is 4.92 Å². The van der Waals surface area contributed by atoms with Crippen molar-refractivity contribution in [1.29, 1.82) is 0 Å². The van der Waals surface area contributed by atoms with E-state index in [4.69, 9.17) is 0 Å². The first kappa shape index (κ1) is 20.0. The molecule has 1 aromatic carbocycles. The first-order chi connectivity index (χ1) is 13.4. The van der Waals surface area contributed by atoms with Crippen molar-refractivity contribution in [3.63, 3.8) is 0 Å². The van der Waals surface area contributed by atoms with Gasteiger partial charge in [0.05, 0.1) is 16.3 Å². The van der Waals surface area contributed by atoms with Gasteiger partial charge in [0, 0.05) is 32.2 Å². The van der Waals surface area contributed by atoms with E-state index >= 15 is 0 Å². The highest BCUT2D eigenvalue weighted by atomic mass is 32.1. The molecule has 0 unspecified atom stereocenters. The fourth-order valence-corrected chi connectivity index (χ4v) is 3.85. The summed E-state index contributed by atoms with van der Waals surface area (Å²) >= 11 is 1.42. The minimum Gasteiger partial charge on any atom is -0.335 e. The fourth-order valence-electron chi connectivity index (χ4n) is 3.16. The second kappa shape index (κ2) is 8.49. The minimum absolute atomic E-state index is 0.0186. The SMILES string of the molecule is Cc1ccc([N+](=O)[O-])c(NC(=O)CN2CCN(C(=O)c3cccs3)CC2)c1C. The molecule has 148 valence electrons. The lowest BCUT2D eigenvalue weighted by atomic mass is 10.1. The predicted octanol–water partition coefficient (Wildman–Crippen LogP) is 2.67. The summed E-state index contributed by atoms with van der Waals surface area (Å²) in [6.45, 7) is 6.00. The van der Waals surface area contributed by atoms with Crippen molar-refractivity contribution in [3.05, 3.63) is 55.8 Å². The number of carbonyl (C=O) groups is 2. The molecular formula is C19H22N4O4S. The van der Waals surface area contributed by atoms with Gasteiger partial charge >= 0.3 is 0 Å². The first-order valence-electron chi connectivity index (χ1n) is 8.96. The molecular weight excluding hydrogens is 380 g/mol. The Morgan fingerprint density at radius 1 is 1.18 bits per heavy atom. The second-order valence-corrected chi connectivity index (χ2v) is 7.70. The van der Waals surface area contributed by atoms with Gasteiger partial charge < -0.3 is 10.2 Å². The Bertz CT molecular complexity index is 890. The second-order valence-electron chi connectivity index (χ2n) is 6.75. The number of piperazine rings is 1. The summed E-state index contributed by atoms with van der Waals surface area (Å²) in [4.78, 5) is 40.1. The van der Waals surface area contributed by atoms with Crippen molar-refractivity contribution in [3.8, 4) is 0 Å². The van der Waals surface area contributed by atoms with Gasteiger partial charge in [0.1, 0.15) is 5.69 Å². The smallest absolute Gasteiger partial charge is 0.293 e. The quantitative estimate of drug-likeness (QED) is 0.613. The molecule has 2 aromatic rings. The van der Waals surface area contributed by atoms with Gasteiger partial charge in [0.2, 0.25) is 5.91 Å². The number of nitrogens with one attached hydrogen (secondary N) is 1. The van der Waals surface area contributed by atoms with Crippen molar-refractivity contribution < 1.29 is 14.5 Å². The van der Waals surface area contributed by atoms with Crippen LogP contribution in [0.25, 0.3) is 0 Å². The van der Waals surface area contributed by atoms with Crippen molar-refractivity contribution in [2.75, 3.05) is 38.0 Å². The van der Waals surface area contributed by atoms with Crippen LogP contribution in [-0.2, 0) is 4.79 Å². The number of carbonyl (C=O) groups excluding carboxylic acids is 2. The summed E-state index contributed by atoms with van der Waals surface area (Å²) in [5.74, 6) is -0.278. The number of amides is 2. The molecule has 0 bridgehead atoms. The standard InChI is InChI=1S/C19H22N4O4S/c1-13-5-6-15(23(26)27)18(14(13)2)20-17(24)12-21-7-9-22(10-8-21)19(25)16-4-3-11-28-16/h3-6,11H,7-10,12H2,1-2H3,(H,20,24). The van der Waals surface area contributed by atoms with Crippen LogP contribution in [0.5, 0.6) is 0 Å². The molecule has 0 aliphatic carbocycles. The average molecular weight is 402 g/mol. The third-order valence-corrected chi connectivity index (χ3v) is 5.79. The van der Waals surface area contributed by atoms with Crippen LogP contribution in [0.15, 0.2) is 29.6 Å². The number of rotatable bonds is 5. The predicted molar refractivity (Wildman–Crippen MR) is 108 cm³/mol. The Balaban J connectivity index is 1.58. The summed E-state index contributed by atoms with van der Waals surface area (Å²) in [5, 5.41) is 15.8. The van der Waals surface area contributed by atoms with Gasteiger partial charge in [0.25, 0.3) is 11.6 Å². The number of nitro groups is 1. The summed E-state index contributed by atoms with van der Waals surface area (Å²) in [6.07, 6.45) is 0. The first-order valence-corrected chi connectivity index (χ1v) is 9.84. The van der Waals surface area contributed by atoms with Crippen LogP contribution in [0.4, 0.5) is 11.4 Å². The molecule has 2 amide bonds. The van der Waals surface area contributed by atoms with E-state index in [2.05, 4.69) is 5.32 Å². The Morgan fingerprint density at radius 3 is 2.50 bits per heavy atom. The van der Waals surface area contributed by atoms with Crippen LogP contribution in [0, 0.1) is 24.0 Å². The molecule has 1 saturated heterocycles. The molecule has 1 fully saturated rings. The van der Waals surface area contributed by atoms with E-state index in [0.29, 0.717) is 36.6 Å². The number of hydrogen-bond donors (Lipinski definition) is 1. The van der Waals surface area contributed by atoms with Crippen molar-refractivity contribution >= 4 is 34.5 Å². The molecule has 0 radical (unpaired) electrons. The van der Waals surface area contributed by atoms with Crippen LogP contribution in [0.1, 0.15) is 20.8 Å². The van der Waals surface area contributed by atoms with Gasteiger partial charge in [-0.1, -0.05) is 12.1 Å². The number of thiophene rings is 1. The van der Waals surface area contributed by atoms with Gasteiger partial charge in [0.15, 0.2) is 0 Å². The lowest BCUT2D eigenvalue weighted by Crippen LogP contribution is -2.50. The van der Waals surface area contributed by atoms with Crippen LogP contribution < -0.4 is 5.32 Å². The monoisotopic (exact) mass is 402 g/mol. The fraction of sp³-hybridized carbons (Fsp3) is 0.368. The highest BCUT2D eigenvalue weighted by Gasteiger charge is 2.25. The molecule has 0 atom stereocenters. The lowest BCUT2D eigenvalue weighted by Gasteiger charge is -2.34. The topological polar surface area (TPSA) is 95.8 Å². The Kier molecular flexibility index (Phi) is 6.05. The number of benzene rings is 1. The van der Waals surface area contributed by atoms with Gasteiger partial charge in [-0.2, -0.15) is 0 Å². The lowest BCUT2D eigenvalue weighted by molar-refractivity contribution is -0.384. The molecule has 8 nitrogen and oxygen atoms in total. The van der Waals surface area contributed by atoms with Crippen LogP contribution >= 0.6 is 11.3 Å². The molecule has 0 spiro atoms. The van der Waals surface area contributed by atoms with E-state index in [1.807, 2.05) is 29.3 Å². The zero-order chi connectivity index (χ0) is 20.3. The number of nitrogens with zero attached hydrogens (tertiary/aromatic N) is 3. The van der Waals surface area contributed by atoms with Gasteiger partial charge in [-0.25, -0.2) is 0 Å². The van der Waals surface area contributed by atoms with Crippen LogP contribution in [0.3, 0.4) is 0 Å².